The van der Waals surface area contributed by atoms with Gasteiger partial charge in [0.05, 0.1) is 16.6 Å². The van der Waals surface area contributed by atoms with E-state index >= 15 is 0 Å². The average Bonchev–Trinajstić information content (AvgIpc) is 3.13. The van der Waals surface area contributed by atoms with E-state index in [4.69, 9.17) is 4.98 Å². The largest absolute Gasteiger partial charge is 0.292 e. The molecule has 0 aliphatic heterocycles. The van der Waals surface area contributed by atoms with Crippen molar-refractivity contribution in [2.45, 2.75) is 19.8 Å². The SMILES string of the molecule is CC(C)c1ccc2c3c4ccccc4ccc3c3nc4ccccc4n3c2c1. The van der Waals surface area contributed by atoms with Gasteiger partial charge >= 0.3 is 0 Å². The topological polar surface area (TPSA) is 17.3 Å². The summed E-state index contributed by atoms with van der Waals surface area (Å²) >= 11 is 0. The van der Waals surface area contributed by atoms with Crippen molar-refractivity contribution in [3.63, 3.8) is 0 Å². The van der Waals surface area contributed by atoms with Gasteiger partial charge in [-0.1, -0.05) is 68.4 Å². The highest BCUT2D eigenvalue weighted by Gasteiger charge is 2.16. The first-order valence-electron chi connectivity index (χ1n) is 9.86. The van der Waals surface area contributed by atoms with Crippen LogP contribution in [0, 0.1) is 0 Å². The Bertz CT molecular complexity index is 1540. The van der Waals surface area contributed by atoms with E-state index in [2.05, 4.69) is 97.1 Å². The molecule has 0 aliphatic rings. The second-order valence-corrected chi connectivity index (χ2v) is 7.90. The molecule has 2 aromatic heterocycles. The molecule has 4 aromatic carbocycles. The molecule has 2 nitrogen and oxygen atoms in total. The number of para-hydroxylation sites is 2. The molecule has 0 atom stereocenters. The molecule has 2 heteroatoms. The van der Waals surface area contributed by atoms with Gasteiger partial charge in [-0.2, -0.15) is 0 Å². The molecule has 0 unspecified atom stereocenters. The van der Waals surface area contributed by atoms with Crippen LogP contribution in [0.4, 0.5) is 0 Å². The van der Waals surface area contributed by atoms with Crippen molar-refractivity contribution in [3.05, 3.63) is 84.4 Å². The smallest absolute Gasteiger partial charge is 0.146 e. The summed E-state index contributed by atoms with van der Waals surface area (Å²) in [6.07, 6.45) is 0. The number of pyridine rings is 1. The predicted octanol–water partition coefficient (Wildman–Crippen LogP) is 7.07. The molecule has 0 N–H and O–H groups in total. The van der Waals surface area contributed by atoms with Crippen molar-refractivity contribution in [2.24, 2.45) is 0 Å². The molecular formula is C26H20N2. The molecule has 28 heavy (non-hydrogen) atoms. The van der Waals surface area contributed by atoms with Crippen LogP contribution in [0.25, 0.3) is 49.1 Å². The van der Waals surface area contributed by atoms with Crippen LogP contribution in [0.15, 0.2) is 78.9 Å². The number of aromatic nitrogens is 2. The van der Waals surface area contributed by atoms with Crippen LogP contribution in [-0.4, -0.2) is 9.38 Å². The zero-order chi connectivity index (χ0) is 18.8. The molecule has 6 rings (SSSR count). The third-order valence-electron chi connectivity index (χ3n) is 5.93. The van der Waals surface area contributed by atoms with E-state index in [1.54, 1.807) is 0 Å². The molecular weight excluding hydrogens is 340 g/mol. The zero-order valence-electron chi connectivity index (χ0n) is 16.0. The maximum atomic E-state index is 5.04. The minimum Gasteiger partial charge on any atom is -0.292 e. The van der Waals surface area contributed by atoms with E-state index in [0.29, 0.717) is 5.92 Å². The fourth-order valence-electron chi connectivity index (χ4n) is 4.50. The van der Waals surface area contributed by atoms with Gasteiger partial charge in [0.15, 0.2) is 0 Å². The fraction of sp³-hybridized carbons (Fsp3) is 0.115. The molecule has 6 aromatic rings. The van der Waals surface area contributed by atoms with Gasteiger partial charge in [0, 0.05) is 16.2 Å². The molecule has 134 valence electrons. The molecule has 0 bridgehead atoms. The zero-order valence-corrected chi connectivity index (χ0v) is 16.0. The first-order chi connectivity index (χ1) is 13.7. The monoisotopic (exact) mass is 360 g/mol. The second-order valence-electron chi connectivity index (χ2n) is 7.90. The molecule has 0 radical (unpaired) electrons. The van der Waals surface area contributed by atoms with Crippen LogP contribution in [0.1, 0.15) is 25.3 Å². The Labute approximate surface area is 163 Å². The van der Waals surface area contributed by atoms with Crippen molar-refractivity contribution in [1.82, 2.24) is 9.38 Å². The van der Waals surface area contributed by atoms with Gasteiger partial charge in [-0.15, -0.1) is 0 Å². The van der Waals surface area contributed by atoms with E-state index in [1.165, 1.54) is 43.5 Å². The van der Waals surface area contributed by atoms with Gasteiger partial charge in [-0.05, 0) is 46.5 Å². The highest BCUT2D eigenvalue weighted by molar-refractivity contribution is 6.23. The molecule has 0 spiro atoms. The maximum absolute atomic E-state index is 5.04. The van der Waals surface area contributed by atoms with Gasteiger partial charge < -0.3 is 0 Å². The highest BCUT2D eigenvalue weighted by atomic mass is 15.0. The lowest BCUT2D eigenvalue weighted by molar-refractivity contribution is 0.868. The quantitative estimate of drug-likeness (QED) is 0.287. The van der Waals surface area contributed by atoms with Crippen molar-refractivity contribution < 1.29 is 0 Å². The lowest BCUT2D eigenvalue weighted by Gasteiger charge is -2.14. The Morgan fingerprint density at radius 3 is 2.39 bits per heavy atom. The molecule has 0 saturated heterocycles. The van der Waals surface area contributed by atoms with Crippen LogP contribution in [0.2, 0.25) is 0 Å². The Morgan fingerprint density at radius 1 is 0.714 bits per heavy atom. The number of rotatable bonds is 1. The summed E-state index contributed by atoms with van der Waals surface area (Å²) in [4.78, 5) is 5.04. The van der Waals surface area contributed by atoms with Crippen LogP contribution in [-0.2, 0) is 0 Å². The number of nitrogens with zero attached hydrogens (tertiary/aromatic N) is 2. The summed E-state index contributed by atoms with van der Waals surface area (Å²) < 4.78 is 2.34. The first-order valence-corrected chi connectivity index (χ1v) is 9.86. The first kappa shape index (κ1) is 15.6. The van der Waals surface area contributed by atoms with Crippen LogP contribution in [0.3, 0.4) is 0 Å². The maximum Gasteiger partial charge on any atom is 0.146 e. The van der Waals surface area contributed by atoms with Gasteiger partial charge in [0.25, 0.3) is 0 Å². The number of fused-ring (bicyclic) bond motifs is 10. The summed E-state index contributed by atoms with van der Waals surface area (Å²) in [5.74, 6) is 0.484. The van der Waals surface area contributed by atoms with E-state index in [1.807, 2.05) is 0 Å². The van der Waals surface area contributed by atoms with Gasteiger partial charge in [-0.25, -0.2) is 4.98 Å². The van der Waals surface area contributed by atoms with Gasteiger partial charge in [-0.3, -0.25) is 4.40 Å². The minimum absolute atomic E-state index is 0.484. The lowest BCUT2D eigenvalue weighted by Crippen LogP contribution is -1.95. The third kappa shape index (κ3) is 2.00. The molecule has 0 saturated carbocycles. The van der Waals surface area contributed by atoms with Crippen molar-refractivity contribution in [3.8, 4) is 0 Å². The summed E-state index contributed by atoms with van der Waals surface area (Å²) in [5.41, 5.74) is 5.83. The molecule has 0 amide bonds. The Hall–Kier alpha value is -3.39. The molecule has 2 heterocycles. The Morgan fingerprint density at radius 2 is 1.50 bits per heavy atom. The number of hydrogen-bond donors (Lipinski definition) is 0. The van der Waals surface area contributed by atoms with E-state index in [0.717, 1.165) is 11.2 Å². The van der Waals surface area contributed by atoms with Crippen molar-refractivity contribution >= 4 is 49.1 Å². The normalized spacial score (nSPS) is 12.2. The second kappa shape index (κ2) is 5.56. The van der Waals surface area contributed by atoms with Crippen molar-refractivity contribution in [1.29, 1.82) is 0 Å². The summed E-state index contributed by atoms with van der Waals surface area (Å²) in [6.45, 7) is 4.50. The number of imidazole rings is 1. The van der Waals surface area contributed by atoms with Crippen LogP contribution >= 0.6 is 0 Å². The number of benzene rings is 4. The van der Waals surface area contributed by atoms with Crippen molar-refractivity contribution in [2.75, 3.05) is 0 Å². The number of hydrogen-bond acceptors (Lipinski definition) is 1. The minimum atomic E-state index is 0.484. The van der Waals surface area contributed by atoms with Crippen LogP contribution < -0.4 is 0 Å². The van der Waals surface area contributed by atoms with Crippen LogP contribution in [0.5, 0.6) is 0 Å². The summed E-state index contributed by atoms with van der Waals surface area (Å²) in [7, 11) is 0. The van der Waals surface area contributed by atoms with Gasteiger partial charge in [0.2, 0.25) is 0 Å². The molecule has 0 fully saturated rings. The lowest BCUT2D eigenvalue weighted by atomic mass is 9.96. The third-order valence-corrected chi connectivity index (χ3v) is 5.93. The van der Waals surface area contributed by atoms with Gasteiger partial charge in [0.1, 0.15) is 5.65 Å². The summed E-state index contributed by atoms with van der Waals surface area (Å²) in [6, 6.07) is 28.5. The van der Waals surface area contributed by atoms with E-state index in [-0.39, 0.29) is 0 Å². The Balaban J connectivity index is 1.99. The average molecular weight is 360 g/mol. The van der Waals surface area contributed by atoms with E-state index < -0.39 is 0 Å². The standard InChI is InChI=1S/C26H20N2/c1-16(2)18-12-13-20-24(15-18)28-23-10-6-5-9-22(23)27-26(28)21-14-11-17-7-3-4-8-19(17)25(20)21/h3-16H,1-2H3. The highest BCUT2D eigenvalue weighted by Crippen LogP contribution is 2.37. The summed E-state index contributed by atoms with van der Waals surface area (Å²) in [5, 5.41) is 6.35. The predicted molar refractivity (Wildman–Crippen MR) is 119 cm³/mol. The van der Waals surface area contributed by atoms with E-state index in [9.17, 15) is 0 Å². The Kier molecular flexibility index (Phi) is 3.10. The fourth-order valence-corrected chi connectivity index (χ4v) is 4.50. The molecule has 0 aliphatic carbocycles.